The Balaban J connectivity index is 1.83. The molecule has 0 bridgehead atoms. The van der Waals surface area contributed by atoms with E-state index in [9.17, 15) is 14.9 Å². The van der Waals surface area contributed by atoms with Gasteiger partial charge in [-0.1, -0.05) is 30.3 Å². The number of rotatable bonds is 7. The lowest BCUT2D eigenvalue weighted by Crippen LogP contribution is -2.40. The molecule has 2 aromatic carbocycles. The van der Waals surface area contributed by atoms with Crippen molar-refractivity contribution in [2.75, 3.05) is 31.1 Å². The molecule has 10 nitrogen and oxygen atoms in total. The van der Waals surface area contributed by atoms with E-state index < -0.39 is 17.9 Å². The Kier molecular flexibility index (Phi) is 7.48. The van der Waals surface area contributed by atoms with E-state index >= 15 is 0 Å². The third-order valence-corrected chi connectivity index (χ3v) is 6.34. The minimum Gasteiger partial charge on any atom is -0.466 e. The molecule has 0 amide bonds. The van der Waals surface area contributed by atoms with Crippen molar-refractivity contribution in [2.45, 2.75) is 12.5 Å². The van der Waals surface area contributed by atoms with Crippen LogP contribution in [0, 0.1) is 11.3 Å². The summed E-state index contributed by atoms with van der Waals surface area (Å²) in [5.74, 6) is -2.45. The van der Waals surface area contributed by atoms with Crippen molar-refractivity contribution in [1.82, 2.24) is 9.78 Å². The fourth-order valence-electron chi connectivity index (χ4n) is 4.56. The number of hydrogen-bond acceptors (Lipinski definition) is 9. The second-order valence-corrected chi connectivity index (χ2v) is 8.73. The highest BCUT2D eigenvalue weighted by Crippen LogP contribution is 2.43. The molecule has 0 fully saturated rings. The summed E-state index contributed by atoms with van der Waals surface area (Å²) in [7, 11) is 6.25. The van der Waals surface area contributed by atoms with E-state index in [0.717, 1.165) is 11.3 Å². The van der Waals surface area contributed by atoms with E-state index in [-0.39, 0.29) is 22.7 Å². The van der Waals surface area contributed by atoms with Crippen molar-refractivity contribution in [3.05, 3.63) is 101 Å². The quantitative estimate of drug-likeness (QED) is 0.475. The highest BCUT2D eigenvalue weighted by atomic mass is 16.5. The first-order valence-electron chi connectivity index (χ1n) is 11.7. The van der Waals surface area contributed by atoms with Crippen molar-refractivity contribution < 1.29 is 19.1 Å². The monoisotopic (exact) mass is 512 g/mol. The molecule has 1 aliphatic rings. The van der Waals surface area contributed by atoms with E-state index in [2.05, 4.69) is 11.2 Å². The average Bonchev–Trinajstić information content (AvgIpc) is 3.36. The number of ether oxygens (including phenoxy) is 2. The molecule has 0 saturated carbocycles. The van der Waals surface area contributed by atoms with Crippen LogP contribution in [0.15, 0.2) is 89.7 Å². The van der Waals surface area contributed by atoms with Crippen LogP contribution in [0.5, 0.6) is 0 Å². The first kappa shape index (κ1) is 26.0. The largest absolute Gasteiger partial charge is 0.466 e. The standard InChI is InChI=1S/C28H28N6O4/c1-32(16-18-15-31-33(2)17-18)20-10-12-21(13-11-20)34-25(28(36)38-4)24(27(35)37-3)23(22(14-29)26(34)30)19-8-6-5-7-9-19/h5-13,15,17,23H,16,30H2,1-4H3. The molecule has 0 aliphatic carbocycles. The maximum absolute atomic E-state index is 13.2. The normalized spacial score (nSPS) is 15.2. The predicted octanol–water partition coefficient (Wildman–Crippen LogP) is 2.95. The summed E-state index contributed by atoms with van der Waals surface area (Å²) >= 11 is 0. The lowest BCUT2D eigenvalue weighted by Gasteiger charge is -2.36. The minimum atomic E-state index is -0.913. The van der Waals surface area contributed by atoms with Crippen LogP contribution in [0.3, 0.4) is 0 Å². The Morgan fingerprint density at radius 1 is 1.08 bits per heavy atom. The molecule has 1 unspecified atom stereocenters. The molecule has 38 heavy (non-hydrogen) atoms. The van der Waals surface area contributed by atoms with Gasteiger partial charge in [0.1, 0.15) is 11.5 Å². The van der Waals surface area contributed by atoms with Gasteiger partial charge in [0.15, 0.2) is 0 Å². The van der Waals surface area contributed by atoms with Gasteiger partial charge in [-0.05, 0) is 29.8 Å². The number of carbonyl (C=O) groups is 2. The number of hydrogen-bond donors (Lipinski definition) is 1. The molecule has 194 valence electrons. The number of allylic oxidation sites excluding steroid dienone is 1. The molecular formula is C28H28N6O4. The molecule has 2 N–H and O–H groups in total. The van der Waals surface area contributed by atoms with Crippen LogP contribution in [0.4, 0.5) is 11.4 Å². The number of aryl methyl sites for hydroxylation is 1. The summed E-state index contributed by atoms with van der Waals surface area (Å²) < 4.78 is 11.9. The van der Waals surface area contributed by atoms with Gasteiger partial charge in [0.2, 0.25) is 0 Å². The van der Waals surface area contributed by atoms with Crippen molar-refractivity contribution in [1.29, 1.82) is 5.26 Å². The number of carbonyl (C=O) groups excluding carboxylic acids is 2. The number of aromatic nitrogens is 2. The van der Waals surface area contributed by atoms with E-state index in [1.807, 2.05) is 43.4 Å². The molecule has 1 aliphatic heterocycles. The number of anilines is 2. The lowest BCUT2D eigenvalue weighted by atomic mass is 9.81. The summed E-state index contributed by atoms with van der Waals surface area (Å²) in [5.41, 5.74) is 9.55. The first-order chi connectivity index (χ1) is 18.3. The zero-order chi connectivity index (χ0) is 27.4. The molecule has 3 aromatic rings. The van der Waals surface area contributed by atoms with E-state index in [4.69, 9.17) is 15.2 Å². The number of methoxy groups -OCH3 is 2. The SMILES string of the molecule is COC(=O)C1=C(C(=O)OC)N(c2ccc(N(C)Cc3cnn(C)c3)cc2)C(N)=C(C#N)C1c1ccccc1. The van der Waals surface area contributed by atoms with Crippen LogP contribution in [-0.4, -0.2) is 43.0 Å². The smallest absolute Gasteiger partial charge is 0.355 e. The number of nitrogens with zero attached hydrogens (tertiary/aromatic N) is 5. The fourth-order valence-corrected chi connectivity index (χ4v) is 4.56. The van der Waals surface area contributed by atoms with Gasteiger partial charge >= 0.3 is 11.9 Å². The highest BCUT2D eigenvalue weighted by molar-refractivity contribution is 6.06. The Morgan fingerprint density at radius 2 is 1.74 bits per heavy atom. The van der Waals surface area contributed by atoms with Crippen LogP contribution in [0.1, 0.15) is 17.0 Å². The maximum Gasteiger partial charge on any atom is 0.355 e. The maximum atomic E-state index is 13.2. The van der Waals surface area contributed by atoms with E-state index in [1.54, 1.807) is 47.3 Å². The fraction of sp³-hybridized carbons (Fsp3) is 0.214. The lowest BCUT2D eigenvalue weighted by molar-refractivity contribution is -0.139. The third-order valence-electron chi connectivity index (χ3n) is 6.34. The van der Waals surface area contributed by atoms with Crippen LogP contribution < -0.4 is 15.5 Å². The van der Waals surface area contributed by atoms with Gasteiger partial charge in [-0.3, -0.25) is 9.58 Å². The molecule has 2 heterocycles. The third kappa shape index (κ3) is 4.82. The zero-order valence-electron chi connectivity index (χ0n) is 21.6. The Labute approximate surface area is 220 Å². The van der Waals surface area contributed by atoms with Crippen molar-refractivity contribution in [3.63, 3.8) is 0 Å². The van der Waals surface area contributed by atoms with Gasteiger partial charge in [0, 0.05) is 43.8 Å². The van der Waals surface area contributed by atoms with Gasteiger partial charge < -0.3 is 20.1 Å². The van der Waals surface area contributed by atoms with Crippen molar-refractivity contribution in [2.24, 2.45) is 12.8 Å². The van der Waals surface area contributed by atoms with Crippen LogP contribution >= 0.6 is 0 Å². The molecule has 4 rings (SSSR count). The van der Waals surface area contributed by atoms with Gasteiger partial charge in [-0.2, -0.15) is 10.4 Å². The molecule has 1 atom stereocenters. The molecular weight excluding hydrogens is 484 g/mol. The molecule has 0 spiro atoms. The summed E-state index contributed by atoms with van der Waals surface area (Å²) in [5, 5.41) is 14.4. The molecule has 0 radical (unpaired) electrons. The van der Waals surface area contributed by atoms with Gasteiger partial charge in [-0.25, -0.2) is 9.59 Å². The summed E-state index contributed by atoms with van der Waals surface area (Å²) in [4.78, 5) is 29.7. The number of benzene rings is 2. The number of nitrogens with two attached hydrogens (primary N) is 1. The summed E-state index contributed by atoms with van der Waals surface area (Å²) in [6, 6.07) is 18.3. The molecule has 10 heteroatoms. The Morgan fingerprint density at radius 3 is 2.29 bits per heavy atom. The average molecular weight is 513 g/mol. The molecule has 0 saturated heterocycles. The second kappa shape index (κ2) is 10.9. The van der Waals surface area contributed by atoms with E-state index in [1.165, 1.54) is 19.1 Å². The van der Waals surface area contributed by atoms with Crippen molar-refractivity contribution >= 4 is 23.3 Å². The van der Waals surface area contributed by atoms with Gasteiger partial charge in [0.05, 0.1) is 43.5 Å². The Bertz CT molecular complexity index is 1450. The minimum absolute atomic E-state index is 0.0193. The van der Waals surface area contributed by atoms with Crippen LogP contribution in [0.2, 0.25) is 0 Å². The number of esters is 2. The summed E-state index contributed by atoms with van der Waals surface area (Å²) in [6.07, 6.45) is 3.75. The zero-order valence-corrected chi connectivity index (χ0v) is 21.6. The highest BCUT2D eigenvalue weighted by Gasteiger charge is 2.42. The number of nitriles is 1. The topological polar surface area (TPSA) is 127 Å². The molecule has 1 aromatic heterocycles. The van der Waals surface area contributed by atoms with Crippen LogP contribution in [-0.2, 0) is 32.7 Å². The second-order valence-electron chi connectivity index (χ2n) is 8.73. The van der Waals surface area contributed by atoms with Crippen LogP contribution in [0.25, 0.3) is 0 Å². The summed E-state index contributed by atoms with van der Waals surface area (Å²) in [6.45, 7) is 0.635. The predicted molar refractivity (Wildman–Crippen MR) is 141 cm³/mol. The van der Waals surface area contributed by atoms with Gasteiger partial charge in [0.25, 0.3) is 0 Å². The van der Waals surface area contributed by atoms with Gasteiger partial charge in [-0.15, -0.1) is 0 Å². The Hall–Kier alpha value is -5.04. The van der Waals surface area contributed by atoms with E-state index in [0.29, 0.717) is 17.8 Å². The first-order valence-corrected chi connectivity index (χ1v) is 11.7. The van der Waals surface area contributed by atoms with Crippen molar-refractivity contribution in [3.8, 4) is 6.07 Å².